The molecular weight excluding hydrogens is 371 g/mol. The zero-order chi connectivity index (χ0) is 18.3. The molecule has 0 aliphatic rings. The van der Waals surface area contributed by atoms with Crippen molar-refractivity contribution >= 4 is 41.5 Å². The highest BCUT2D eigenvalue weighted by Gasteiger charge is 2.27. The number of benzene rings is 1. The molecule has 0 spiro atoms. The van der Waals surface area contributed by atoms with Crippen LogP contribution in [0.2, 0.25) is 5.02 Å². The summed E-state index contributed by atoms with van der Waals surface area (Å²) in [5.41, 5.74) is 4.48. The molecule has 0 radical (unpaired) electrons. The van der Waals surface area contributed by atoms with Crippen molar-refractivity contribution in [2.45, 2.75) is 32.2 Å². The van der Waals surface area contributed by atoms with E-state index in [9.17, 15) is 19.7 Å². The molecule has 1 aromatic rings. The highest BCUT2D eigenvalue weighted by atomic mass is 35.5. The molecule has 1 aromatic carbocycles. The molecule has 0 heterocycles. The van der Waals surface area contributed by atoms with Gasteiger partial charge in [0.2, 0.25) is 5.91 Å². The number of nitrogens with zero attached hydrogens (tertiary/aromatic N) is 1. The summed E-state index contributed by atoms with van der Waals surface area (Å²) in [6.07, 6.45) is 1.30. The van der Waals surface area contributed by atoms with Crippen LogP contribution in [0.3, 0.4) is 0 Å². The van der Waals surface area contributed by atoms with E-state index in [4.69, 9.17) is 17.3 Å². The number of hydrogen-bond donors (Lipinski definition) is 3. The summed E-state index contributed by atoms with van der Waals surface area (Å²) in [6.45, 7) is 3.75. The Labute approximate surface area is 157 Å². The van der Waals surface area contributed by atoms with Crippen LogP contribution < -0.4 is 16.4 Å². The average molecular weight is 393 g/mol. The molecule has 25 heavy (non-hydrogen) atoms. The van der Waals surface area contributed by atoms with Crippen LogP contribution in [0.4, 0.5) is 5.69 Å². The van der Waals surface area contributed by atoms with Crippen molar-refractivity contribution < 1.29 is 14.5 Å². The maximum absolute atomic E-state index is 12.2. The van der Waals surface area contributed by atoms with E-state index in [1.165, 1.54) is 18.2 Å². The number of nitro benzene ring substituents is 1. The molecule has 0 fully saturated rings. The number of carbonyl (C=O) groups is 2. The van der Waals surface area contributed by atoms with Gasteiger partial charge in [-0.05, 0) is 18.9 Å². The fourth-order valence-corrected chi connectivity index (χ4v) is 2.50. The Hall–Kier alpha value is -1.90. The van der Waals surface area contributed by atoms with Gasteiger partial charge in [-0.3, -0.25) is 19.7 Å². The molecule has 0 aromatic heterocycles. The molecule has 0 atom stereocenters. The first-order valence-corrected chi connectivity index (χ1v) is 7.90. The minimum absolute atomic E-state index is 0. The van der Waals surface area contributed by atoms with Crippen LogP contribution in [-0.2, 0) is 4.79 Å². The lowest BCUT2D eigenvalue weighted by Gasteiger charge is -2.31. The first-order valence-electron chi connectivity index (χ1n) is 7.52. The Morgan fingerprint density at radius 2 is 1.92 bits per heavy atom. The normalized spacial score (nSPS) is 10.6. The number of halogens is 2. The third kappa shape index (κ3) is 5.84. The third-order valence-electron chi connectivity index (χ3n) is 3.97. The van der Waals surface area contributed by atoms with Crippen LogP contribution in [-0.4, -0.2) is 35.4 Å². The van der Waals surface area contributed by atoms with Gasteiger partial charge in [-0.1, -0.05) is 31.5 Å². The van der Waals surface area contributed by atoms with E-state index >= 15 is 0 Å². The summed E-state index contributed by atoms with van der Waals surface area (Å²) >= 11 is 5.88. The van der Waals surface area contributed by atoms with E-state index in [0.29, 0.717) is 12.8 Å². The first kappa shape index (κ1) is 23.1. The average Bonchev–Trinajstić information content (AvgIpc) is 2.57. The number of carbonyl (C=O) groups excluding carboxylic acids is 2. The minimum Gasteiger partial charge on any atom is -0.348 e. The van der Waals surface area contributed by atoms with Gasteiger partial charge in [0.05, 0.1) is 22.0 Å². The molecule has 2 amide bonds. The van der Waals surface area contributed by atoms with Gasteiger partial charge in [0.25, 0.3) is 11.6 Å². The van der Waals surface area contributed by atoms with Crippen LogP contribution in [0.1, 0.15) is 37.0 Å². The predicted molar refractivity (Wildman–Crippen MR) is 98.2 cm³/mol. The van der Waals surface area contributed by atoms with Gasteiger partial charge in [-0.15, -0.1) is 12.4 Å². The number of nitrogens with two attached hydrogens (primary N) is 1. The maximum Gasteiger partial charge on any atom is 0.283 e. The Kier molecular flexibility index (Phi) is 9.40. The Morgan fingerprint density at radius 3 is 2.40 bits per heavy atom. The fraction of sp³-hybridized carbons (Fsp3) is 0.467. The van der Waals surface area contributed by atoms with Crippen molar-refractivity contribution in [3.63, 3.8) is 0 Å². The van der Waals surface area contributed by atoms with Crippen molar-refractivity contribution in [1.29, 1.82) is 0 Å². The Balaban J connectivity index is 0.00000576. The number of rotatable bonds is 8. The summed E-state index contributed by atoms with van der Waals surface area (Å²) in [6, 6.07) is 3.92. The summed E-state index contributed by atoms with van der Waals surface area (Å²) in [5, 5.41) is 16.1. The van der Waals surface area contributed by atoms with Gasteiger partial charge in [0.15, 0.2) is 0 Å². The van der Waals surface area contributed by atoms with E-state index in [1.54, 1.807) is 0 Å². The molecule has 10 heteroatoms. The molecule has 0 aliphatic carbocycles. The molecule has 0 bridgehead atoms. The van der Waals surface area contributed by atoms with Gasteiger partial charge < -0.3 is 16.4 Å². The number of amides is 2. The quantitative estimate of drug-likeness (QED) is 0.460. The smallest absolute Gasteiger partial charge is 0.283 e. The second kappa shape index (κ2) is 10.2. The standard InChI is InChI=1S/C15H21ClN4O4.ClH/c1-3-15(4-2,9-17)19-12(21)8-18-14(22)13-10(16)6-5-7-11(13)20(23)24;/h5-7H,3-4,8-9,17H2,1-2H3,(H,18,22)(H,19,21);1H. The molecule has 0 unspecified atom stereocenters. The minimum atomic E-state index is -0.784. The molecule has 0 aliphatic heterocycles. The summed E-state index contributed by atoms with van der Waals surface area (Å²) in [4.78, 5) is 34.5. The molecule has 8 nitrogen and oxygen atoms in total. The molecule has 1 rings (SSSR count). The highest BCUT2D eigenvalue weighted by Crippen LogP contribution is 2.25. The van der Waals surface area contributed by atoms with E-state index in [-0.39, 0.29) is 36.1 Å². The Morgan fingerprint density at radius 1 is 1.32 bits per heavy atom. The lowest BCUT2D eigenvalue weighted by atomic mass is 9.93. The van der Waals surface area contributed by atoms with Crippen LogP contribution in [0, 0.1) is 10.1 Å². The summed E-state index contributed by atoms with van der Waals surface area (Å²) in [7, 11) is 0. The topological polar surface area (TPSA) is 127 Å². The maximum atomic E-state index is 12.2. The zero-order valence-corrected chi connectivity index (χ0v) is 15.6. The zero-order valence-electron chi connectivity index (χ0n) is 14.0. The van der Waals surface area contributed by atoms with Crippen molar-refractivity contribution in [1.82, 2.24) is 10.6 Å². The first-order chi connectivity index (χ1) is 11.3. The van der Waals surface area contributed by atoms with Crippen molar-refractivity contribution in [3.05, 3.63) is 38.9 Å². The molecule has 0 saturated heterocycles. The van der Waals surface area contributed by atoms with Crippen LogP contribution in [0.25, 0.3) is 0 Å². The molecular formula is C15H22Cl2N4O4. The van der Waals surface area contributed by atoms with E-state index in [2.05, 4.69) is 10.6 Å². The monoisotopic (exact) mass is 392 g/mol. The predicted octanol–water partition coefficient (Wildman–Crippen LogP) is 2.03. The summed E-state index contributed by atoms with van der Waals surface area (Å²) in [5.74, 6) is -1.21. The van der Waals surface area contributed by atoms with E-state index < -0.39 is 28.0 Å². The van der Waals surface area contributed by atoms with Gasteiger partial charge in [0, 0.05) is 12.6 Å². The van der Waals surface area contributed by atoms with Gasteiger partial charge >= 0.3 is 0 Å². The van der Waals surface area contributed by atoms with Crippen molar-refractivity contribution in [2.24, 2.45) is 5.73 Å². The number of hydrogen-bond acceptors (Lipinski definition) is 5. The largest absolute Gasteiger partial charge is 0.348 e. The Bertz CT molecular complexity index is 628. The second-order valence-corrected chi connectivity index (χ2v) is 5.72. The van der Waals surface area contributed by atoms with Gasteiger partial charge in [0.1, 0.15) is 5.56 Å². The molecule has 0 saturated carbocycles. The highest BCUT2D eigenvalue weighted by molar-refractivity contribution is 6.34. The lowest BCUT2D eigenvalue weighted by molar-refractivity contribution is -0.385. The van der Waals surface area contributed by atoms with E-state index in [0.717, 1.165) is 0 Å². The number of nitro groups is 1. The lowest BCUT2D eigenvalue weighted by Crippen LogP contribution is -2.55. The fourth-order valence-electron chi connectivity index (χ4n) is 2.25. The SMILES string of the molecule is CCC(CC)(CN)NC(=O)CNC(=O)c1c(Cl)cccc1[N+](=O)[O-].Cl. The third-order valence-corrected chi connectivity index (χ3v) is 4.29. The molecule has 140 valence electrons. The number of nitrogens with one attached hydrogen (secondary N) is 2. The van der Waals surface area contributed by atoms with Crippen LogP contribution in [0.15, 0.2) is 18.2 Å². The summed E-state index contributed by atoms with van der Waals surface area (Å²) < 4.78 is 0. The van der Waals surface area contributed by atoms with Crippen LogP contribution in [0.5, 0.6) is 0 Å². The van der Waals surface area contributed by atoms with Crippen molar-refractivity contribution in [2.75, 3.05) is 13.1 Å². The van der Waals surface area contributed by atoms with Crippen molar-refractivity contribution in [3.8, 4) is 0 Å². The van der Waals surface area contributed by atoms with E-state index in [1.807, 2.05) is 13.8 Å². The second-order valence-electron chi connectivity index (χ2n) is 5.31. The van der Waals surface area contributed by atoms with Gasteiger partial charge in [-0.25, -0.2) is 0 Å². The van der Waals surface area contributed by atoms with Gasteiger partial charge in [-0.2, -0.15) is 0 Å². The molecule has 4 N–H and O–H groups in total. The van der Waals surface area contributed by atoms with Crippen LogP contribution >= 0.6 is 24.0 Å².